The lowest BCUT2D eigenvalue weighted by atomic mass is 9.91. The Balaban J connectivity index is 1.85. The molecule has 0 fully saturated rings. The maximum atomic E-state index is 13.9. The molecule has 5 rings (SSSR count). The molecular weight excluding hydrogens is 493 g/mol. The fraction of sp³-hybridized carbons (Fsp3) is 0.214. The third kappa shape index (κ3) is 4.45. The van der Waals surface area contributed by atoms with E-state index in [1.807, 2.05) is 23.6 Å². The van der Waals surface area contributed by atoms with Gasteiger partial charge in [-0.3, -0.25) is 4.79 Å². The number of aryl methyl sites for hydroxylation is 1. The molecule has 7 nitrogen and oxygen atoms in total. The van der Waals surface area contributed by atoms with Gasteiger partial charge in [0.05, 0.1) is 22.5 Å². The third-order valence-corrected chi connectivity index (χ3v) is 6.84. The van der Waals surface area contributed by atoms with E-state index in [1.54, 1.807) is 30.3 Å². The zero-order chi connectivity index (χ0) is 26.5. The number of rotatable bonds is 6. The average Bonchev–Trinajstić information content (AvgIpc) is 3.21. The Morgan fingerprint density at radius 1 is 1.11 bits per heavy atom. The molecule has 0 aliphatic carbocycles. The second kappa shape index (κ2) is 9.05. The molecule has 1 N–H and O–H groups in total. The smallest absolute Gasteiger partial charge is 0.358 e. The zero-order valence-electron chi connectivity index (χ0n) is 20.5. The molecule has 0 bridgehead atoms. The van der Waals surface area contributed by atoms with Gasteiger partial charge in [-0.1, -0.05) is 35.9 Å². The summed E-state index contributed by atoms with van der Waals surface area (Å²) in [4.78, 5) is 17.2. The van der Waals surface area contributed by atoms with E-state index in [9.17, 15) is 22.4 Å². The maximum absolute atomic E-state index is 13.9. The van der Waals surface area contributed by atoms with Crippen LogP contribution in [-0.4, -0.2) is 18.0 Å². The monoisotopic (exact) mass is 517 g/mol. The van der Waals surface area contributed by atoms with Crippen LogP contribution in [0.5, 0.6) is 5.75 Å². The van der Waals surface area contributed by atoms with Crippen molar-refractivity contribution in [3.8, 4) is 22.9 Å². The van der Waals surface area contributed by atoms with Gasteiger partial charge in [0.25, 0.3) is 0 Å². The molecule has 3 aromatic carbocycles. The third-order valence-electron chi connectivity index (χ3n) is 6.45. The van der Waals surface area contributed by atoms with Gasteiger partial charge < -0.3 is 13.7 Å². The summed E-state index contributed by atoms with van der Waals surface area (Å²) in [5.74, 6) is 0.138. The molecule has 0 amide bonds. The number of aromatic nitrogens is 2. The zero-order valence-corrected chi connectivity index (χ0v) is 21.3. The van der Waals surface area contributed by atoms with E-state index in [4.69, 9.17) is 0 Å². The van der Waals surface area contributed by atoms with Crippen molar-refractivity contribution in [1.29, 1.82) is 5.26 Å². The van der Waals surface area contributed by atoms with Crippen LogP contribution in [0.1, 0.15) is 31.9 Å². The van der Waals surface area contributed by atoms with E-state index in [0.717, 1.165) is 16.5 Å². The van der Waals surface area contributed by atoms with Gasteiger partial charge in [-0.2, -0.15) is 13.7 Å². The van der Waals surface area contributed by atoms with E-state index >= 15 is 0 Å². The number of nitrogens with zero attached hydrogens (tertiary/aromatic N) is 2. The lowest BCUT2D eigenvalue weighted by molar-refractivity contribution is 0.440. The first-order valence-corrected chi connectivity index (χ1v) is 13.2. The Hall–Kier alpha value is -4.16. The van der Waals surface area contributed by atoms with E-state index in [2.05, 4.69) is 29.1 Å². The lowest BCUT2D eigenvalue weighted by Crippen LogP contribution is -2.12. The second-order valence-corrected chi connectivity index (χ2v) is 10.4. The second-order valence-electron chi connectivity index (χ2n) is 9.42. The molecule has 188 valence electrons. The molecular formula is C28H24FN3O4S. The normalized spacial score (nSPS) is 12.0. The van der Waals surface area contributed by atoms with E-state index in [1.165, 1.54) is 12.1 Å². The summed E-state index contributed by atoms with van der Waals surface area (Å²) in [6.45, 7) is 6.70. The number of nitriles is 1. The predicted molar refractivity (Wildman–Crippen MR) is 143 cm³/mol. The van der Waals surface area contributed by atoms with Crippen LogP contribution in [0.15, 0.2) is 59.4 Å². The van der Waals surface area contributed by atoms with E-state index in [0.29, 0.717) is 51.5 Å². The fourth-order valence-corrected chi connectivity index (χ4v) is 5.35. The largest absolute Gasteiger partial charge is 0.488 e. The number of fused-ring (bicyclic) bond motifs is 4. The van der Waals surface area contributed by atoms with Crippen molar-refractivity contribution in [3.05, 3.63) is 75.9 Å². The summed E-state index contributed by atoms with van der Waals surface area (Å²) in [5.41, 5.74) is 4.82. The van der Waals surface area contributed by atoms with Gasteiger partial charge in [-0.15, -0.1) is 0 Å². The molecule has 2 aromatic heterocycles. The SMILES string of the molecule is CCn1c2cc(-c3cccc(OS(=O)(=O)F)c3)c(CC(C)C)cc2c(=O)c2c3ccc(C#N)cc3[nH]c21. The van der Waals surface area contributed by atoms with Crippen LogP contribution in [0.4, 0.5) is 3.89 Å². The van der Waals surface area contributed by atoms with Crippen molar-refractivity contribution < 1.29 is 16.5 Å². The first-order valence-electron chi connectivity index (χ1n) is 11.9. The number of pyridine rings is 1. The molecule has 0 spiro atoms. The van der Waals surface area contributed by atoms with Crippen LogP contribution in [0.3, 0.4) is 0 Å². The van der Waals surface area contributed by atoms with E-state index in [-0.39, 0.29) is 17.1 Å². The molecule has 0 unspecified atom stereocenters. The van der Waals surface area contributed by atoms with Crippen LogP contribution in [0, 0.1) is 17.2 Å². The molecule has 5 aromatic rings. The molecule has 0 aliphatic rings. The van der Waals surface area contributed by atoms with Crippen molar-refractivity contribution in [2.45, 2.75) is 33.7 Å². The number of benzene rings is 3. The van der Waals surface area contributed by atoms with Crippen molar-refractivity contribution >= 4 is 43.3 Å². The lowest BCUT2D eigenvalue weighted by Gasteiger charge is -2.17. The summed E-state index contributed by atoms with van der Waals surface area (Å²) in [7, 11) is -5.17. The fourth-order valence-electron chi connectivity index (χ4n) is 5.01. The number of H-pyrrole nitrogens is 1. The van der Waals surface area contributed by atoms with Gasteiger partial charge in [0.2, 0.25) is 0 Å². The summed E-state index contributed by atoms with van der Waals surface area (Å²) in [5, 5.41) is 11.2. The Kier molecular flexibility index (Phi) is 6.00. The quantitative estimate of drug-likeness (QED) is 0.279. The number of hydrogen-bond acceptors (Lipinski definition) is 5. The van der Waals surface area contributed by atoms with Crippen LogP contribution in [0.2, 0.25) is 0 Å². The Morgan fingerprint density at radius 3 is 2.57 bits per heavy atom. The van der Waals surface area contributed by atoms with Gasteiger partial charge in [-0.05, 0) is 72.4 Å². The maximum Gasteiger partial charge on any atom is 0.488 e. The topological polar surface area (TPSA) is 105 Å². The van der Waals surface area contributed by atoms with E-state index < -0.39 is 10.5 Å². The first kappa shape index (κ1) is 24.5. The Bertz CT molecular complexity index is 1910. The number of aromatic amines is 1. The Morgan fingerprint density at radius 2 is 1.89 bits per heavy atom. The number of hydrogen-bond donors (Lipinski definition) is 1. The Labute approximate surface area is 213 Å². The predicted octanol–water partition coefficient (Wildman–Crippen LogP) is 5.99. The summed E-state index contributed by atoms with van der Waals surface area (Å²) >= 11 is 0. The standard InChI is InChI=1S/C28H24FN3O4S/c1-4-32-25-14-22(18-6-5-7-20(12-18)36-37(29,34)35)19(10-16(2)3)13-23(25)27(33)26-21-9-8-17(15-30)11-24(21)31-28(26)32/h5-9,11-14,16,31H,4,10H2,1-3H3. The molecule has 0 aliphatic heterocycles. The van der Waals surface area contributed by atoms with Gasteiger partial charge in [0.1, 0.15) is 11.4 Å². The molecule has 0 atom stereocenters. The highest BCUT2D eigenvalue weighted by molar-refractivity contribution is 7.81. The summed E-state index contributed by atoms with van der Waals surface area (Å²) < 4.78 is 41.8. The summed E-state index contributed by atoms with van der Waals surface area (Å²) in [6, 6.07) is 17.4. The molecule has 9 heteroatoms. The summed E-state index contributed by atoms with van der Waals surface area (Å²) in [6.07, 6.45) is 0.667. The minimum absolute atomic E-state index is 0.108. The number of nitrogens with one attached hydrogen (secondary N) is 1. The molecule has 2 heterocycles. The van der Waals surface area contributed by atoms with Crippen molar-refractivity contribution in [1.82, 2.24) is 9.55 Å². The minimum atomic E-state index is -5.17. The minimum Gasteiger partial charge on any atom is -0.358 e. The van der Waals surface area contributed by atoms with Crippen LogP contribution in [0.25, 0.3) is 44.0 Å². The van der Waals surface area contributed by atoms with Gasteiger partial charge >= 0.3 is 10.5 Å². The highest BCUT2D eigenvalue weighted by atomic mass is 32.3. The van der Waals surface area contributed by atoms with Crippen LogP contribution < -0.4 is 9.61 Å². The molecule has 37 heavy (non-hydrogen) atoms. The van der Waals surface area contributed by atoms with Gasteiger partial charge in [0, 0.05) is 22.8 Å². The van der Waals surface area contributed by atoms with Crippen molar-refractivity contribution in [2.24, 2.45) is 5.92 Å². The number of halogens is 1. The average molecular weight is 518 g/mol. The van der Waals surface area contributed by atoms with Gasteiger partial charge in [-0.25, -0.2) is 0 Å². The van der Waals surface area contributed by atoms with Crippen LogP contribution >= 0.6 is 0 Å². The highest BCUT2D eigenvalue weighted by Crippen LogP contribution is 2.34. The molecule has 0 saturated heterocycles. The highest BCUT2D eigenvalue weighted by Gasteiger charge is 2.19. The van der Waals surface area contributed by atoms with Gasteiger partial charge in [0.15, 0.2) is 5.43 Å². The van der Waals surface area contributed by atoms with Crippen LogP contribution in [-0.2, 0) is 23.5 Å². The molecule has 0 radical (unpaired) electrons. The molecule has 0 saturated carbocycles. The van der Waals surface area contributed by atoms with Crippen molar-refractivity contribution in [2.75, 3.05) is 0 Å². The first-order chi connectivity index (χ1) is 17.6. The van der Waals surface area contributed by atoms with Crippen molar-refractivity contribution in [3.63, 3.8) is 0 Å².